The lowest BCUT2D eigenvalue weighted by Gasteiger charge is -2.33. The SMILES string of the molecule is CC(=O)N1CCN(S(=O)(=O)c2cccc(C(=O)OCc3ccccc3C(F)(F)F)c2)CC1. The van der Waals surface area contributed by atoms with E-state index in [2.05, 4.69) is 0 Å². The van der Waals surface area contributed by atoms with E-state index in [1.54, 1.807) is 4.90 Å². The number of halogens is 3. The van der Waals surface area contributed by atoms with E-state index in [-0.39, 0.29) is 48.1 Å². The van der Waals surface area contributed by atoms with E-state index in [0.29, 0.717) is 0 Å². The highest BCUT2D eigenvalue weighted by Crippen LogP contribution is 2.32. The van der Waals surface area contributed by atoms with E-state index in [4.69, 9.17) is 4.74 Å². The standard InChI is InChI=1S/C21H21F3N2O5S/c1-15(27)25-9-11-26(12-10-25)32(29,30)18-7-4-6-16(13-18)20(28)31-14-17-5-2-3-8-19(17)21(22,23)24/h2-8,13H,9-12,14H2,1H3. The number of hydrogen-bond acceptors (Lipinski definition) is 5. The molecule has 0 aliphatic carbocycles. The van der Waals surface area contributed by atoms with Gasteiger partial charge in [0.15, 0.2) is 0 Å². The van der Waals surface area contributed by atoms with Crippen LogP contribution in [-0.2, 0) is 32.3 Å². The Morgan fingerprint density at radius 1 is 1.00 bits per heavy atom. The number of benzene rings is 2. The number of hydrogen-bond donors (Lipinski definition) is 0. The Hall–Kier alpha value is -2.92. The van der Waals surface area contributed by atoms with Crippen LogP contribution < -0.4 is 0 Å². The molecule has 1 fully saturated rings. The molecule has 1 heterocycles. The quantitative estimate of drug-likeness (QED) is 0.628. The maximum atomic E-state index is 13.1. The van der Waals surface area contributed by atoms with Crippen molar-refractivity contribution in [1.82, 2.24) is 9.21 Å². The number of ether oxygens (including phenoxy) is 1. The molecule has 0 aromatic heterocycles. The molecule has 0 unspecified atom stereocenters. The van der Waals surface area contributed by atoms with Gasteiger partial charge in [0.05, 0.1) is 16.0 Å². The molecule has 0 saturated carbocycles. The highest BCUT2D eigenvalue weighted by atomic mass is 32.2. The third-order valence-electron chi connectivity index (χ3n) is 5.07. The van der Waals surface area contributed by atoms with E-state index < -0.39 is 34.3 Å². The number of sulfonamides is 1. The lowest BCUT2D eigenvalue weighted by atomic mass is 10.1. The number of rotatable bonds is 5. The average molecular weight is 470 g/mol. The lowest BCUT2D eigenvalue weighted by molar-refractivity contribution is -0.138. The molecule has 3 rings (SSSR count). The zero-order chi connectivity index (χ0) is 23.5. The monoisotopic (exact) mass is 470 g/mol. The van der Waals surface area contributed by atoms with Crippen LogP contribution >= 0.6 is 0 Å². The van der Waals surface area contributed by atoms with Gasteiger partial charge in [-0.2, -0.15) is 17.5 Å². The third-order valence-corrected chi connectivity index (χ3v) is 6.97. The molecular weight excluding hydrogens is 449 g/mol. The third kappa shape index (κ3) is 5.28. The molecule has 0 spiro atoms. The van der Waals surface area contributed by atoms with Crippen LogP contribution in [0.5, 0.6) is 0 Å². The lowest BCUT2D eigenvalue weighted by Crippen LogP contribution is -2.49. The smallest absolute Gasteiger partial charge is 0.416 e. The van der Waals surface area contributed by atoms with E-state index in [9.17, 15) is 31.2 Å². The molecule has 0 radical (unpaired) electrons. The van der Waals surface area contributed by atoms with Crippen molar-refractivity contribution in [2.24, 2.45) is 0 Å². The van der Waals surface area contributed by atoms with Crippen molar-refractivity contribution >= 4 is 21.9 Å². The molecule has 1 saturated heterocycles. The van der Waals surface area contributed by atoms with E-state index in [1.165, 1.54) is 47.6 Å². The second-order valence-corrected chi connectivity index (χ2v) is 9.11. The first-order valence-corrected chi connectivity index (χ1v) is 11.1. The zero-order valence-corrected chi connectivity index (χ0v) is 17.9. The van der Waals surface area contributed by atoms with Crippen LogP contribution in [0.25, 0.3) is 0 Å². The van der Waals surface area contributed by atoms with Crippen molar-refractivity contribution in [3.05, 3.63) is 65.2 Å². The average Bonchev–Trinajstić information content (AvgIpc) is 2.77. The fourth-order valence-electron chi connectivity index (χ4n) is 3.33. The fourth-order valence-corrected chi connectivity index (χ4v) is 4.79. The van der Waals surface area contributed by atoms with Crippen LogP contribution in [-0.4, -0.2) is 55.7 Å². The minimum atomic E-state index is -4.59. The first kappa shape index (κ1) is 23.7. The van der Waals surface area contributed by atoms with Crippen LogP contribution in [0, 0.1) is 0 Å². The predicted octanol–water partition coefficient (Wildman–Crippen LogP) is 2.92. The van der Waals surface area contributed by atoms with Gasteiger partial charge in [-0.05, 0) is 24.3 Å². The number of alkyl halides is 3. The van der Waals surface area contributed by atoms with Crippen molar-refractivity contribution in [1.29, 1.82) is 0 Å². The normalized spacial score (nSPS) is 15.4. The molecule has 0 N–H and O–H groups in total. The molecule has 7 nitrogen and oxygen atoms in total. The molecule has 0 atom stereocenters. The summed E-state index contributed by atoms with van der Waals surface area (Å²) < 4.78 is 71.3. The second kappa shape index (κ2) is 9.29. The summed E-state index contributed by atoms with van der Waals surface area (Å²) in [7, 11) is -3.92. The summed E-state index contributed by atoms with van der Waals surface area (Å²) in [6, 6.07) is 9.87. The summed E-state index contributed by atoms with van der Waals surface area (Å²) in [6.07, 6.45) is -4.59. The van der Waals surface area contributed by atoms with Gasteiger partial charge in [0.2, 0.25) is 15.9 Å². The maximum absolute atomic E-state index is 13.1. The van der Waals surface area contributed by atoms with Crippen LogP contribution in [0.3, 0.4) is 0 Å². The molecule has 1 aliphatic rings. The molecule has 2 aromatic carbocycles. The van der Waals surface area contributed by atoms with Crippen LogP contribution in [0.15, 0.2) is 53.4 Å². The fraction of sp³-hybridized carbons (Fsp3) is 0.333. The number of esters is 1. The Balaban J connectivity index is 1.72. The molecule has 2 aromatic rings. The first-order chi connectivity index (χ1) is 15.0. The van der Waals surface area contributed by atoms with Crippen LogP contribution in [0.4, 0.5) is 13.2 Å². The van der Waals surface area contributed by atoms with Crippen LogP contribution in [0.2, 0.25) is 0 Å². The van der Waals surface area contributed by atoms with E-state index >= 15 is 0 Å². The Kier molecular flexibility index (Phi) is 6.89. The summed E-state index contributed by atoms with van der Waals surface area (Å²) in [5.74, 6) is -1.08. The van der Waals surface area contributed by atoms with Gasteiger partial charge in [-0.1, -0.05) is 24.3 Å². The number of amides is 1. The largest absolute Gasteiger partial charge is 0.457 e. The topological polar surface area (TPSA) is 84.0 Å². The highest BCUT2D eigenvalue weighted by Gasteiger charge is 2.33. The van der Waals surface area contributed by atoms with Crippen molar-refractivity contribution in [3.63, 3.8) is 0 Å². The number of carbonyl (C=O) groups is 2. The summed E-state index contributed by atoms with van der Waals surface area (Å²) in [5.41, 5.74) is -1.22. The van der Waals surface area contributed by atoms with Gasteiger partial charge >= 0.3 is 12.1 Å². The van der Waals surface area contributed by atoms with Gasteiger partial charge in [-0.15, -0.1) is 0 Å². The minimum absolute atomic E-state index is 0.0991. The molecule has 1 aliphatic heterocycles. The van der Waals surface area contributed by atoms with Gasteiger partial charge in [0.25, 0.3) is 0 Å². The Bertz CT molecular complexity index is 1110. The Morgan fingerprint density at radius 2 is 1.66 bits per heavy atom. The molecule has 0 bridgehead atoms. The van der Waals surface area contributed by atoms with Gasteiger partial charge in [-0.25, -0.2) is 13.2 Å². The van der Waals surface area contributed by atoms with Crippen molar-refractivity contribution < 1.29 is 35.9 Å². The summed E-state index contributed by atoms with van der Waals surface area (Å²) in [6.45, 7) is 1.55. The first-order valence-electron chi connectivity index (χ1n) is 9.68. The van der Waals surface area contributed by atoms with Crippen molar-refractivity contribution in [3.8, 4) is 0 Å². The summed E-state index contributed by atoms with van der Waals surface area (Å²) >= 11 is 0. The predicted molar refractivity (Wildman–Crippen MR) is 108 cm³/mol. The van der Waals surface area contributed by atoms with Gasteiger partial charge in [0, 0.05) is 38.7 Å². The summed E-state index contributed by atoms with van der Waals surface area (Å²) in [5, 5.41) is 0. The second-order valence-electron chi connectivity index (χ2n) is 7.17. The Morgan fingerprint density at radius 3 is 2.28 bits per heavy atom. The van der Waals surface area contributed by atoms with Crippen LogP contribution in [0.1, 0.15) is 28.4 Å². The molecule has 1 amide bonds. The van der Waals surface area contributed by atoms with Crippen molar-refractivity contribution in [2.45, 2.75) is 24.6 Å². The van der Waals surface area contributed by atoms with Crippen molar-refractivity contribution in [2.75, 3.05) is 26.2 Å². The molecule has 172 valence electrons. The Labute approximate surface area is 183 Å². The number of piperazine rings is 1. The number of nitrogens with zero attached hydrogens (tertiary/aromatic N) is 2. The molecule has 11 heteroatoms. The van der Waals surface area contributed by atoms with Gasteiger partial charge < -0.3 is 9.64 Å². The molecule has 32 heavy (non-hydrogen) atoms. The highest BCUT2D eigenvalue weighted by molar-refractivity contribution is 7.89. The minimum Gasteiger partial charge on any atom is -0.457 e. The number of carbonyl (C=O) groups excluding carboxylic acids is 2. The van der Waals surface area contributed by atoms with E-state index in [0.717, 1.165) is 12.1 Å². The maximum Gasteiger partial charge on any atom is 0.416 e. The summed E-state index contributed by atoms with van der Waals surface area (Å²) in [4.78, 5) is 25.2. The molecular formula is C21H21F3N2O5S. The van der Waals surface area contributed by atoms with Gasteiger partial charge in [0.1, 0.15) is 6.61 Å². The zero-order valence-electron chi connectivity index (χ0n) is 17.1. The van der Waals surface area contributed by atoms with E-state index in [1.807, 2.05) is 0 Å². The van der Waals surface area contributed by atoms with Gasteiger partial charge in [-0.3, -0.25) is 4.79 Å².